The van der Waals surface area contributed by atoms with Gasteiger partial charge in [-0.2, -0.15) is 13.2 Å². The summed E-state index contributed by atoms with van der Waals surface area (Å²) in [5.74, 6) is 0. The summed E-state index contributed by atoms with van der Waals surface area (Å²) in [7, 11) is 3.19. The monoisotopic (exact) mass is 304 g/mol. The van der Waals surface area contributed by atoms with Crippen LogP contribution in [0.3, 0.4) is 0 Å². The third kappa shape index (κ3) is 4.81. The molecule has 4 atom stereocenters. The average molecular weight is 304 g/mol. The van der Waals surface area contributed by atoms with Gasteiger partial charge in [-0.3, -0.25) is 5.41 Å². The Balaban J connectivity index is 2.65. The highest BCUT2D eigenvalue weighted by Crippen LogP contribution is 2.35. The molecule has 0 radical (unpaired) electrons. The van der Waals surface area contributed by atoms with E-state index >= 15 is 0 Å². The third-order valence-electron chi connectivity index (χ3n) is 2.58. The minimum Gasteiger partial charge on any atom is -0.393 e. The Morgan fingerprint density at radius 1 is 1.42 bits per heavy atom. The molecular weight excluding hydrogens is 288 g/mol. The fourth-order valence-electron chi connectivity index (χ4n) is 1.60. The van der Waals surface area contributed by atoms with Crippen molar-refractivity contribution in [2.75, 3.05) is 14.1 Å². The molecule has 0 aromatic carbocycles. The number of aliphatic hydroxyl groups excluding tert-OH is 1. The maximum atomic E-state index is 13.2. The van der Waals surface area contributed by atoms with Crippen molar-refractivity contribution in [1.82, 2.24) is 4.90 Å². The summed E-state index contributed by atoms with van der Waals surface area (Å²) in [6.07, 6.45) is -11.2. The van der Waals surface area contributed by atoms with Gasteiger partial charge >= 0.3 is 6.18 Å². The number of amidine groups is 1. The summed E-state index contributed by atoms with van der Waals surface area (Å²) in [6, 6.07) is 0. The fraction of sp³-hybridized carbons (Fsp3) is 0.900. The standard InChI is InChI=1S/C10H16F4N2O2S/c1-16(2)9(15)19-7-4-5(17)3-6(18-7)8(11)10(12,13)14/h5-8,15,17H,3-4H2,1-2H3. The fourth-order valence-corrected chi connectivity index (χ4v) is 2.57. The second kappa shape index (κ2) is 6.27. The van der Waals surface area contributed by atoms with Crippen LogP contribution >= 0.6 is 11.8 Å². The predicted octanol–water partition coefficient (Wildman–Crippen LogP) is 1.98. The van der Waals surface area contributed by atoms with Crippen molar-refractivity contribution in [1.29, 1.82) is 5.41 Å². The van der Waals surface area contributed by atoms with Gasteiger partial charge in [0.2, 0.25) is 6.17 Å². The molecular formula is C10H16F4N2O2S. The molecule has 1 fully saturated rings. The molecule has 1 saturated heterocycles. The summed E-state index contributed by atoms with van der Waals surface area (Å²) in [4.78, 5) is 1.45. The zero-order chi connectivity index (χ0) is 14.8. The van der Waals surface area contributed by atoms with Crippen LogP contribution in [0.15, 0.2) is 0 Å². The van der Waals surface area contributed by atoms with E-state index in [2.05, 4.69) is 0 Å². The Morgan fingerprint density at radius 2 is 2.00 bits per heavy atom. The van der Waals surface area contributed by atoms with Gasteiger partial charge in [0.15, 0.2) is 5.17 Å². The Morgan fingerprint density at radius 3 is 2.47 bits per heavy atom. The highest BCUT2D eigenvalue weighted by molar-refractivity contribution is 8.14. The van der Waals surface area contributed by atoms with Crippen molar-refractivity contribution in [3.8, 4) is 0 Å². The van der Waals surface area contributed by atoms with E-state index in [0.717, 1.165) is 11.8 Å². The molecule has 19 heavy (non-hydrogen) atoms. The molecule has 0 aromatic heterocycles. The van der Waals surface area contributed by atoms with Crippen LogP contribution in [0.4, 0.5) is 17.6 Å². The highest BCUT2D eigenvalue weighted by Gasteiger charge is 2.49. The molecule has 0 amide bonds. The van der Waals surface area contributed by atoms with E-state index in [0.29, 0.717) is 0 Å². The summed E-state index contributed by atoms with van der Waals surface area (Å²) in [5.41, 5.74) is -0.857. The Bertz CT molecular complexity index is 327. The van der Waals surface area contributed by atoms with Crippen LogP contribution in [0, 0.1) is 5.41 Å². The largest absolute Gasteiger partial charge is 0.422 e. The van der Waals surface area contributed by atoms with Gasteiger partial charge < -0.3 is 14.7 Å². The predicted molar refractivity (Wildman–Crippen MR) is 63.9 cm³/mol. The van der Waals surface area contributed by atoms with E-state index in [1.807, 2.05) is 0 Å². The minimum atomic E-state index is -5.01. The minimum absolute atomic E-state index is 0.0697. The second-order valence-electron chi connectivity index (χ2n) is 4.49. The lowest BCUT2D eigenvalue weighted by Crippen LogP contribution is -2.45. The van der Waals surface area contributed by atoms with Crippen LogP contribution in [0.1, 0.15) is 12.8 Å². The first-order valence-electron chi connectivity index (χ1n) is 5.58. The number of hydrogen-bond donors (Lipinski definition) is 2. The number of alkyl halides is 4. The smallest absolute Gasteiger partial charge is 0.393 e. The summed E-state index contributed by atoms with van der Waals surface area (Å²) < 4.78 is 55.1. The number of nitrogens with zero attached hydrogens (tertiary/aromatic N) is 1. The van der Waals surface area contributed by atoms with Gasteiger partial charge in [0.25, 0.3) is 0 Å². The molecule has 0 aliphatic carbocycles. The lowest BCUT2D eigenvalue weighted by molar-refractivity contribution is -0.225. The molecule has 0 spiro atoms. The molecule has 1 heterocycles. The summed E-state index contributed by atoms with van der Waals surface area (Å²) in [5, 5.41) is 17.1. The summed E-state index contributed by atoms with van der Waals surface area (Å²) >= 11 is 0.857. The van der Waals surface area contributed by atoms with Crippen molar-refractivity contribution in [2.24, 2.45) is 0 Å². The Hall–Kier alpha value is -0.540. The topological polar surface area (TPSA) is 56.6 Å². The van der Waals surface area contributed by atoms with Crippen LogP contribution < -0.4 is 0 Å². The molecule has 112 valence electrons. The van der Waals surface area contributed by atoms with E-state index in [1.54, 1.807) is 14.1 Å². The third-order valence-corrected chi connectivity index (χ3v) is 3.74. The van der Waals surface area contributed by atoms with Crippen molar-refractivity contribution in [3.63, 3.8) is 0 Å². The molecule has 9 heteroatoms. The maximum absolute atomic E-state index is 13.2. The van der Waals surface area contributed by atoms with E-state index in [4.69, 9.17) is 10.1 Å². The number of nitrogens with one attached hydrogen (secondary N) is 1. The number of halogens is 4. The normalized spacial score (nSPS) is 29.9. The molecule has 2 N–H and O–H groups in total. The van der Waals surface area contributed by atoms with Crippen LogP contribution in [0.5, 0.6) is 0 Å². The number of rotatable bonds is 2. The van der Waals surface area contributed by atoms with E-state index in [9.17, 15) is 22.7 Å². The van der Waals surface area contributed by atoms with Gasteiger partial charge in [-0.05, 0) is 0 Å². The number of ether oxygens (including phenoxy) is 1. The van der Waals surface area contributed by atoms with Crippen molar-refractivity contribution in [3.05, 3.63) is 0 Å². The zero-order valence-corrected chi connectivity index (χ0v) is 11.3. The maximum Gasteiger partial charge on any atom is 0.422 e. The first kappa shape index (κ1) is 16.5. The van der Waals surface area contributed by atoms with Crippen molar-refractivity contribution < 1.29 is 27.4 Å². The molecule has 4 nitrogen and oxygen atoms in total. The van der Waals surface area contributed by atoms with Crippen molar-refractivity contribution in [2.45, 2.75) is 42.8 Å². The first-order valence-corrected chi connectivity index (χ1v) is 6.46. The average Bonchev–Trinajstić information content (AvgIpc) is 2.25. The Kier molecular flexibility index (Phi) is 5.45. The Labute approximate surface area is 112 Å². The molecule has 4 unspecified atom stereocenters. The lowest BCUT2D eigenvalue weighted by atomic mass is 10.0. The van der Waals surface area contributed by atoms with Crippen LogP contribution in [-0.2, 0) is 4.74 Å². The number of hydrogen-bond acceptors (Lipinski definition) is 4. The van der Waals surface area contributed by atoms with Gasteiger partial charge in [-0.1, -0.05) is 11.8 Å². The molecule has 0 aromatic rings. The van der Waals surface area contributed by atoms with Crippen LogP contribution in [0.2, 0.25) is 0 Å². The second-order valence-corrected chi connectivity index (χ2v) is 5.64. The molecule has 1 aliphatic rings. The number of thioether (sulfide) groups is 1. The van der Waals surface area contributed by atoms with Gasteiger partial charge in [0, 0.05) is 26.9 Å². The first-order chi connectivity index (χ1) is 8.61. The summed E-state index contributed by atoms with van der Waals surface area (Å²) in [6.45, 7) is 0. The van der Waals surface area contributed by atoms with Crippen LogP contribution in [-0.4, -0.2) is 59.3 Å². The van der Waals surface area contributed by atoms with Gasteiger partial charge in [0.1, 0.15) is 11.5 Å². The van der Waals surface area contributed by atoms with E-state index in [-0.39, 0.29) is 11.6 Å². The molecule has 1 rings (SSSR count). The van der Waals surface area contributed by atoms with Gasteiger partial charge in [-0.25, -0.2) is 4.39 Å². The van der Waals surface area contributed by atoms with E-state index < -0.39 is 36.4 Å². The quantitative estimate of drug-likeness (QED) is 0.465. The molecule has 1 aliphatic heterocycles. The molecule has 0 saturated carbocycles. The number of aliphatic hydroxyl groups is 1. The van der Waals surface area contributed by atoms with Crippen LogP contribution in [0.25, 0.3) is 0 Å². The van der Waals surface area contributed by atoms with Gasteiger partial charge in [-0.15, -0.1) is 0 Å². The van der Waals surface area contributed by atoms with Gasteiger partial charge in [0.05, 0.1) is 6.10 Å². The van der Waals surface area contributed by atoms with Crippen molar-refractivity contribution >= 4 is 16.9 Å². The highest BCUT2D eigenvalue weighted by atomic mass is 32.2. The SMILES string of the molecule is CN(C)C(=N)SC1CC(O)CC(C(F)C(F)(F)F)O1. The zero-order valence-electron chi connectivity index (χ0n) is 10.4. The molecule has 0 bridgehead atoms. The lowest BCUT2D eigenvalue weighted by Gasteiger charge is -2.35. The van der Waals surface area contributed by atoms with E-state index in [1.165, 1.54) is 4.90 Å².